The number of esters is 1. The van der Waals surface area contributed by atoms with Crippen molar-refractivity contribution in [3.63, 3.8) is 0 Å². The number of carbonyl (C=O) groups is 2. The van der Waals surface area contributed by atoms with Crippen LogP contribution in [0.25, 0.3) is 0 Å². The SMILES string of the molecule is COC(=O)c1cc(N(C)CC(=O)NC(C)C)ccc1N. The Morgan fingerprint density at radius 3 is 2.60 bits per heavy atom. The second-order valence-electron chi connectivity index (χ2n) is 4.84. The summed E-state index contributed by atoms with van der Waals surface area (Å²) in [5, 5.41) is 2.81. The van der Waals surface area contributed by atoms with Gasteiger partial charge in [-0.05, 0) is 32.0 Å². The summed E-state index contributed by atoms with van der Waals surface area (Å²) in [5.41, 5.74) is 7.10. The number of ether oxygens (including phenoxy) is 1. The molecule has 0 radical (unpaired) electrons. The summed E-state index contributed by atoms with van der Waals surface area (Å²) in [5.74, 6) is -0.580. The monoisotopic (exact) mass is 279 g/mol. The highest BCUT2D eigenvalue weighted by atomic mass is 16.5. The number of nitrogens with one attached hydrogen (secondary N) is 1. The molecule has 1 aromatic rings. The maximum Gasteiger partial charge on any atom is 0.340 e. The third-order valence-electron chi connectivity index (χ3n) is 2.71. The number of hydrogen-bond acceptors (Lipinski definition) is 5. The molecule has 1 aromatic carbocycles. The van der Waals surface area contributed by atoms with Crippen LogP contribution < -0.4 is 16.0 Å². The maximum absolute atomic E-state index is 11.7. The molecule has 1 rings (SSSR count). The molecular formula is C14H21N3O3. The lowest BCUT2D eigenvalue weighted by Gasteiger charge is -2.20. The average Bonchev–Trinajstić information content (AvgIpc) is 2.37. The molecule has 1 amide bonds. The third-order valence-corrected chi connectivity index (χ3v) is 2.71. The van der Waals surface area contributed by atoms with Crippen LogP contribution in [0.2, 0.25) is 0 Å². The minimum atomic E-state index is -0.496. The van der Waals surface area contributed by atoms with Crippen molar-refractivity contribution in [3.8, 4) is 0 Å². The zero-order valence-corrected chi connectivity index (χ0v) is 12.3. The molecule has 0 atom stereocenters. The van der Waals surface area contributed by atoms with Gasteiger partial charge in [-0.25, -0.2) is 4.79 Å². The predicted molar refractivity (Wildman–Crippen MR) is 78.7 cm³/mol. The fraction of sp³-hybridized carbons (Fsp3) is 0.429. The van der Waals surface area contributed by atoms with Crippen LogP contribution in [0.1, 0.15) is 24.2 Å². The Morgan fingerprint density at radius 1 is 1.40 bits per heavy atom. The van der Waals surface area contributed by atoms with Crippen molar-refractivity contribution < 1.29 is 14.3 Å². The van der Waals surface area contributed by atoms with E-state index in [4.69, 9.17) is 5.73 Å². The molecule has 0 aliphatic rings. The average molecular weight is 279 g/mol. The number of nitrogens with two attached hydrogens (primary N) is 1. The van der Waals surface area contributed by atoms with Gasteiger partial charge in [-0.3, -0.25) is 4.79 Å². The van der Waals surface area contributed by atoms with Gasteiger partial charge in [0.1, 0.15) is 0 Å². The van der Waals surface area contributed by atoms with Crippen molar-refractivity contribution in [2.45, 2.75) is 19.9 Å². The summed E-state index contributed by atoms with van der Waals surface area (Å²) in [6.07, 6.45) is 0. The van der Waals surface area contributed by atoms with Crippen molar-refractivity contribution in [1.29, 1.82) is 0 Å². The van der Waals surface area contributed by atoms with E-state index in [1.807, 2.05) is 13.8 Å². The highest BCUT2D eigenvalue weighted by Crippen LogP contribution is 2.21. The van der Waals surface area contributed by atoms with Gasteiger partial charge < -0.3 is 20.7 Å². The molecule has 0 spiro atoms. The summed E-state index contributed by atoms with van der Waals surface area (Å²) in [6, 6.07) is 5.08. The van der Waals surface area contributed by atoms with Crippen LogP contribution >= 0.6 is 0 Å². The first-order valence-electron chi connectivity index (χ1n) is 6.33. The minimum absolute atomic E-state index is 0.0843. The number of rotatable bonds is 5. The number of methoxy groups -OCH3 is 1. The summed E-state index contributed by atoms with van der Waals surface area (Å²) < 4.78 is 4.67. The van der Waals surface area contributed by atoms with E-state index >= 15 is 0 Å². The fourth-order valence-corrected chi connectivity index (χ4v) is 1.74. The minimum Gasteiger partial charge on any atom is -0.465 e. The van der Waals surface area contributed by atoms with E-state index in [0.29, 0.717) is 11.3 Å². The Hall–Kier alpha value is -2.24. The van der Waals surface area contributed by atoms with Gasteiger partial charge in [-0.1, -0.05) is 0 Å². The van der Waals surface area contributed by atoms with Crippen molar-refractivity contribution in [3.05, 3.63) is 23.8 Å². The maximum atomic E-state index is 11.7. The molecule has 0 bridgehead atoms. The molecule has 110 valence electrons. The first-order chi connectivity index (χ1) is 9.35. The molecule has 0 aliphatic carbocycles. The Morgan fingerprint density at radius 2 is 2.05 bits per heavy atom. The zero-order valence-electron chi connectivity index (χ0n) is 12.3. The second kappa shape index (κ2) is 6.79. The highest BCUT2D eigenvalue weighted by Gasteiger charge is 2.14. The smallest absolute Gasteiger partial charge is 0.340 e. The Bertz CT molecular complexity index is 500. The molecule has 0 heterocycles. The zero-order chi connectivity index (χ0) is 15.3. The highest BCUT2D eigenvalue weighted by molar-refractivity contribution is 5.96. The first-order valence-corrected chi connectivity index (χ1v) is 6.33. The molecule has 0 fully saturated rings. The normalized spacial score (nSPS) is 10.2. The molecule has 0 unspecified atom stereocenters. The van der Waals surface area contributed by atoms with E-state index in [9.17, 15) is 9.59 Å². The van der Waals surface area contributed by atoms with Gasteiger partial charge in [0, 0.05) is 24.5 Å². The van der Waals surface area contributed by atoms with E-state index in [0.717, 1.165) is 5.69 Å². The van der Waals surface area contributed by atoms with E-state index in [1.165, 1.54) is 7.11 Å². The van der Waals surface area contributed by atoms with Crippen LogP contribution in [-0.2, 0) is 9.53 Å². The number of amides is 1. The molecule has 0 saturated heterocycles. The van der Waals surface area contributed by atoms with E-state index < -0.39 is 5.97 Å². The molecule has 20 heavy (non-hydrogen) atoms. The van der Waals surface area contributed by atoms with Crippen LogP contribution in [0.15, 0.2) is 18.2 Å². The predicted octanol–water partition coefficient (Wildman–Crippen LogP) is 1.02. The number of carbonyl (C=O) groups excluding carboxylic acids is 2. The fourth-order valence-electron chi connectivity index (χ4n) is 1.74. The Balaban J connectivity index is 2.86. The molecule has 6 heteroatoms. The number of nitrogen functional groups attached to an aromatic ring is 1. The standard InChI is InChI=1S/C14H21N3O3/c1-9(2)16-13(18)8-17(3)10-5-6-12(15)11(7-10)14(19)20-4/h5-7,9H,8,15H2,1-4H3,(H,16,18). The van der Waals surface area contributed by atoms with Crippen molar-refractivity contribution in [2.75, 3.05) is 31.3 Å². The summed E-state index contributed by atoms with van der Waals surface area (Å²) in [4.78, 5) is 25.0. The number of nitrogens with zero attached hydrogens (tertiary/aromatic N) is 1. The van der Waals surface area contributed by atoms with Crippen molar-refractivity contribution in [2.24, 2.45) is 0 Å². The number of anilines is 2. The topological polar surface area (TPSA) is 84.7 Å². The second-order valence-corrected chi connectivity index (χ2v) is 4.84. The molecule has 0 saturated carbocycles. The molecule has 0 aromatic heterocycles. The van der Waals surface area contributed by atoms with Crippen LogP contribution in [-0.4, -0.2) is 38.6 Å². The number of benzene rings is 1. The van der Waals surface area contributed by atoms with Gasteiger partial charge in [-0.15, -0.1) is 0 Å². The van der Waals surface area contributed by atoms with Gasteiger partial charge in [0.2, 0.25) is 5.91 Å². The third kappa shape index (κ3) is 4.15. The van der Waals surface area contributed by atoms with Gasteiger partial charge in [0.05, 0.1) is 19.2 Å². The van der Waals surface area contributed by atoms with Crippen molar-refractivity contribution >= 4 is 23.3 Å². The van der Waals surface area contributed by atoms with E-state index in [2.05, 4.69) is 10.1 Å². The lowest BCUT2D eigenvalue weighted by Crippen LogP contribution is -2.38. The van der Waals surface area contributed by atoms with Crippen LogP contribution in [0.4, 0.5) is 11.4 Å². The van der Waals surface area contributed by atoms with Crippen molar-refractivity contribution in [1.82, 2.24) is 5.32 Å². The van der Waals surface area contributed by atoms with Gasteiger partial charge in [0.25, 0.3) is 0 Å². The first kappa shape index (κ1) is 15.8. The van der Waals surface area contributed by atoms with Gasteiger partial charge in [-0.2, -0.15) is 0 Å². The van der Waals surface area contributed by atoms with E-state index in [1.54, 1.807) is 30.1 Å². The largest absolute Gasteiger partial charge is 0.465 e. The lowest BCUT2D eigenvalue weighted by atomic mass is 10.1. The summed E-state index contributed by atoms with van der Waals surface area (Å²) >= 11 is 0. The number of likely N-dealkylation sites (N-methyl/N-ethyl adjacent to an activating group) is 1. The summed E-state index contributed by atoms with van der Waals surface area (Å²) in [6.45, 7) is 4.00. The Labute approximate surface area is 118 Å². The van der Waals surface area contributed by atoms with Gasteiger partial charge >= 0.3 is 5.97 Å². The van der Waals surface area contributed by atoms with Crippen LogP contribution in [0.3, 0.4) is 0 Å². The summed E-state index contributed by atoms with van der Waals surface area (Å²) in [7, 11) is 3.07. The van der Waals surface area contributed by atoms with Gasteiger partial charge in [0.15, 0.2) is 0 Å². The van der Waals surface area contributed by atoms with Crippen LogP contribution in [0.5, 0.6) is 0 Å². The molecule has 6 nitrogen and oxygen atoms in total. The Kier molecular flexibility index (Phi) is 5.37. The quantitative estimate of drug-likeness (QED) is 0.621. The molecular weight excluding hydrogens is 258 g/mol. The van der Waals surface area contributed by atoms with Crippen LogP contribution in [0, 0.1) is 0 Å². The molecule has 3 N–H and O–H groups in total. The molecule has 0 aliphatic heterocycles. The lowest BCUT2D eigenvalue weighted by molar-refractivity contribution is -0.120. The number of hydrogen-bond donors (Lipinski definition) is 2. The van der Waals surface area contributed by atoms with E-state index in [-0.39, 0.29) is 18.5 Å².